The molecule has 0 atom stereocenters. The van der Waals surface area contributed by atoms with Gasteiger partial charge in [-0.15, -0.1) is 10.2 Å². The fraction of sp³-hybridized carbons (Fsp3) is 0.286. The summed E-state index contributed by atoms with van der Waals surface area (Å²) in [7, 11) is 0. The van der Waals surface area contributed by atoms with Gasteiger partial charge in [0.25, 0.3) is 0 Å². The minimum absolute atomic E-state index is 0.00848. The van der Waals surface area contributed by atoms with Crippen molar-refractivity contribution in [2.75, 3.05) is 6.61 Å². The van der Waals surface area contributed by atoms with Crippen molar-refractivity contribution in [3.63, 3.8) is 0 Å². The molecule has 7 heteroatoms. The number of amides is 1. The SMILES string of the molecule is CC(C)CCn1c(O)c(N=NC(=O)COc2cccc(Cl)c2)c2ccccc21. The van der Waals surface area contributed by atoms with Crippen molar-refractivity contribution in [2.45, 2.75) is 26.8 Å². The highest BCUT2D eigenvalue weighted by molar-refractivity contribution is 6.30. The number of ether oxygens (including phenoxy) is 1. The quantitative estimate of drug-likeness (QED) is 0.515. The lowest BCUT2D eigenvalue weighted by Crippen LogP contribution is -2.07. The lowest BCUT2D eigenvalue weighted by molar-refractivity contribution is -0.120. The Labute approximate surface area is 168 Å². The highest BCUT2D eigenvalue weighted by atomic mass is 35.5. The van der Waals surface area contributed by atoms with Crippen LogP contribution in [0.3, 0.4) is 0 Å². The number of para-hydroxylation sites is 1. The van der Waals surface area contributed by atoms with E-state index in [0.29, 0.717) is 23.2 Å². The Balaban J connectivity index is 1.77. The number of carbonyl (C=O) groups excluding carboxylic acids is 1. The smallest absolute Gasteiger partial charge is 0.302 e. The Morgan fingerprint density at radius 1 is 1.21 bits per heavy atom. The monoisotopic (exact) mass is 399 g/mol. The maximum absolute atomic E-state index is 12.0. The molecule has 0 spiro atoms. The van der Waals surface area contributed by atoms with Gasteiger partial charge in [0.05, 0.1) is 5.52 Å². The van der Waals surface area contributed by atoms with Crippen molar-refractivity contribution < 1.29 is 14.6 Å². The van der Waals surface area contributed by atoms with Gasteiger partial charge in [0.2, 0.25) is 5.88 Å². The Bertz CT molecular complexity index is 1010. The van der Waals surface area contributed by atoms with Crippen LogP contribution < -0.4 is 4.74 Å². The molecule has 146 valence electrons. The average molecular weight is 400 g/mol. The van der Waals surface area contributed by atoms with E-state index in [2.05, 4.69) is 24.1 Å². The van der Waals surface area contributed by atoms with Crippen LogP contribution in [0.1, 0.15) is 20.3 Å². The second-order valence-electron chi connectivity index (χ2n) is 6.86. The van der Waals surface area contributed by atoms with Gasteiger partial charge in [0.15, 0.2) is 12.3 Å². The minimum atomic E-state index is -0.557. The van der Waals surface area contributed by atoms with Crippen molar-refractivity contribution in [3.05, 3.63) is 53.6 Å². The average Bonchev–Trinajstić information content (AvgIpc) is 2.94. The normalized spacial score (nSPS) is 11.6. The molecule has 0 saturated carbocycles. The molecule has 28 heavy (non-hydrogen) atoms. The van der Waals surface area contributed by atoms with Crippen LogP contribution >= 0.6 is 11.6 Å². The van der Waals surface area contributed by atoms with Crippen LogP contribution in [-0.4, -0.2) is 22.2 Å². The predicted octanol–water partition coefficient (Wildman–Crippen LogP) is 5.74. The second-order valence-corrected chi connectivity index (χ2v) is 7.30. The van der Waals surface area contributed by atoms with Crippen LogP contribution in [0.5, 0.6) is 11.6 Å². The molecule has 0 radical (unpaired) electrons. The van der Waals surface area contributed by atoms with E-state index in [4.69, 9.17) is 16.3 Å². The van der Waals surface area contributed by atoms with E-state index in [1.165, 1.54) is 0 Å². The molecule has 1 amide bonds. The zero-order chi connectivity index (χ0) is 20.1. The zero-order valence-electron chi connectivity index (χ0n) is 15.8. The standard InChI is InChI=1S/C21H22ClN3O3/c1-14(2)10-11-25-18-9-4-3-8-17(18)20(21(25)27)24-23-19(26)13-28-16-7-5-6-15(22)12-16/h3-9,12,14,27H,10-11,13H2,1-2H3. The van der Waals surface area contributed by atoms with Gasteiger partial charge >= 0.3 is 5.91 Å². The lowest BCUT2D eigenvalue weighted by atomic mass is 10.1. The predicted molar refractivity (Wildman–Crippen MR) is 110 cm³/mol. The molecule has 1 aromatic heterocycles. The summed E-state index contributed by atoms with van der Waals surface area (Å²) in [6.45, 7) is 4.64. The third-order valence-corrected chi connectivity index (χ3v) is 4.50. The number of halogens is 1. The summed E-state index contributed by atoms with van der Waals surface area (Å²) in [4.78, 5) is 12.0. The highest BCUT2D eigenvalue weighted by Crippen LogP contribution is 2.39. The third kappa shape index (κ3) is 4.70. The van der Waals surface area contributed by atoms with E-state index >= 15 is 0 Å². The maximum atomic E-state index is 12.0. The molecular weight excluding hydrogens is 378 g/mol. The number of benzene rings is 2. The Kier molecular flexibility index (Phi) is 6.31. The maximum Gasteiger partial charge on any atom is 0.302 e. The number of fused-ring (bicyclic) bond motifs is 1. The van der Waals surface area contributed by atoms with Gasteiger partial charge in [-0.2, -0.15) is 0 Å². The van der Waals surface area contributed by atoms with E-state index < -0.39 is 5.91 Å². The van der Waals surface area contributed by atoms with Gasteiger partial charge in [-0.25, -0.2) is 0 Å². The first-order valence-electron chi connectivity index (χ1n) is 9.09. The van der Waals surface area contributed by atoms with Crippen LogP contribution in [-0.2, 0) is 11.3 Å². The molecule has 1 heterocycles. The van der Waals surface area contributed by atoms with Gasteiger partial charge in [-0.05, 0) is 36.6 Å². The number of aromatic hydroxyl groups is 1. The molecule has 0 saturated heterocycles. The molecule has 3 aromatic rings. The summed E-state index contributed by atoms with van der Waals surface area (Å²) in [5.74, 6) is 0.424. The molecule has 0 aliphatic carbocycles. The van der Waals surface area contributed by atoms with Crippen LogP contribution in [0.4, 0.5) is 5.69 Å². The Morgan fingerprint density at radius 2 is 2.00 bits per heavy atom. The number of aromatic nitrogens is 1. The fourth-order valence-corrected chi connectivity index (χ4v) is 3.00. The minimum Gasteiger partial charge on any atom is -0.493 e. The molecule has 0 aliphatic heterocycles. The number of azo groups is 1. The van der Waals surface area contributed by atoms with E-state index in [1.54, 1.807) is 28.8 Å². The van der Waals surface area contributed by atoms with Gasteiger partial charge in [0.1, 0.15) is 5.75 Å². The lowest BCUT2D eigenvalue weighted by Gasteiger charge is -2.08. The second kappa shape index (κ2) is 8.89. The number of carbonyl (C=O) groups is 1. The molecule has 3 rings (SSSR count). The first kappa shape index (κ1) is 19.9. The molecule has 6 nitrogen and oxygen atoms in total. The summed E-state index contributed by atoms with van der Waals surface area (Å²) in [6, 6.07) is 14.3. The molecule has 2 aromatic carbocycles. The number of aryl methyl sites for hydroxylation is 1. The van der Waals surface area contributed by atoms with E-state index in [1.807, 2.05) is 24.3 Å². The topological polar surface area (TPSA) is 76.2 Å². The number of rotatable bonds is 7. The van der Waals surface area contributed by atoms with Crippen molar-refractivity contribution in [3.8, 4) is 11.6 Å². The van der Waals surface area contributed by atoms with Crippen LogP contribution in [0.25, 0.3) is 10.9 Å². The van der Waals surface area contributed by atoms with Gasteiger partial charge < -0.3 is 14.4 Å². The van der Waals surface area contributed by atoms with E-state index in [0.717, 1.165) is 17.3 Å². The summed E-state index contributed by atoms with van der Waals surface area (Å²) in [6.07, 6.45) is 0.912. The Morgan fingerprint density at radius 3 is 2.75 bits per heavy atom. The van der Waals surface area contributed by atoms with Crippen molar-refractivity contribution in [1.82, 2.24) is 4.57 Å². The summed E-state index contributed by atoms with van der Waals surface area (Å²) >= 11 is 5.88. The van der Waals surface area contributed by atoms with Crippen LogP contribution in [0, 0.1) is 5.92 Å². The fourth-order valence-electron chi connectivity index (χ4n) is 2.82. The number of hydrogen-bond acceptors (Lipinski definition) is 4. The van der Waals surface area contributed by atoms with Crippen molar-refractivity contribution in [2.24, 2.45) is 16.1 Å². The molecule has 1 N–H and O–H groups in total. The molecule has 0 aliphatic rings. The van der Waals surface area contributed by atoms with Crippen molar-refractivity contribution in [1.29, 1.82) is 0 Å². The molecule has 0 unspecified atom stereocenters. The van der Waals surface area contributed by atoms with Gasteiger partial charge in [0, 0.05) is 17.0 Å². The summed E-state index contributed by atoms with van der Waals surface area (Å²) in [5, 5.41) is 19.6. The highest BCUT2D eigenvalue weighted by Gasteiger charge is 2.17. The van der Waals surface area contributed by atoms with Crippen LogP contribution in [0.2, 0.25) is 5.02 Å². The third-order valence-electron chi connectivity index (χ3n) is 4.27. The van der Waals surface area contributed by atoms with E-state index in [-0.39, 0.29) is 18.2 Å². The first-order chi connectivity index (χ1) is 13.5. The van der Waals surface area contributed by atoms with E-state index in [9.17, 15) is 9.90 Å². The van der Waals surface area contributed by atoms with Crippen LogP contribution in [0.15, 0.2) is 58.8 Å². The molecule has 0 bridgehead atoms. The molecular formula is C21H22ClN3O3. The summed E-state index contributed by atoms with van der Waals surface area (Å²) < 4.78 is 7.17. The van der Waals surface area contributed by atoms with Gasteiger partial charge in [-0.3, -0.25) is 4.79 Å². The zero-order valence-corrected chi connectivity index (χ0v) is 16.6. The first-order valence-corrected chi connectivity index (χ1v) is 9.46. The Hall–Kier alpha value is -2.86. The number of hydrogen-bond donors (Lipinski definition) is 1. The molecule has 0 fully saturated rings. The largest absolute Gasteiger partial charge is 0.493 e. The van der Waals surface area contributed by atoms with Gasteiger partial charge in [-0.1, -0.05) is 49.7 Å². The summed E-state index contributed by atoms with van der Waals surface area (Å²) in [5.41, 5.74) is 1.15. The van der Waals surface area contributed by atoms with Crippen molar-refractivity contribution >= 4 is 34.1 Å². The number of nitrogens with zero attached hydrogens (tertiary/aromatic N) is 3.